The summed E-state index contributed by atoms with van der Waals surface area (Å²) in [4.78, 5) is 0. The zero-order valence-electron chi connectivity index (χ0n) is 18.0. The topological polar surface area (TPSA) is 18.5 Å². The molecule has 0 aromatic heterocycles. The van der Waals surface area contributed by atoms with Crippen LogP contribution in [0.1, 0.15) is 83.1 Å². The Bertz CT molecular complexity index is 657. The average Bonchev–Trinajstić information content (AvgIpc) is 2.76. The van der Waals surface area contributed by atoms with Crippen molar-refractivity contribution in [3.05, 3.63) is 41.5 Å². The summed E-state index contributed by atoms with van der Waals surface area (Å²) in [7, 11) is 0. The van der Waals surface area contributed by atoms with Crippen molar-refractivity contribution in [3.8, 4) is 5.75 Å². The molecular formula is C25H36F2O2. The van der Waals surface area contributed by atoms with Crippen molar-refractivity contribution in [2.45, 2.75) is 83.7 Å². The third kappa shape index (κ3) is 5.81. The molecule has 1 heterocycles. The molecule has 162 valence electrons. The molecule has 0 radical (unpaired) electrons. The monoisotopic (exact) mass is 406 g/mol. The average molecular weight is 407 g/mol. The Labute approximate surface area is 174 Å². The maximum atomic E-state index is 14.6. The van der Waals surface area contributed by atoms with Crippen molar-refractivity contribution >= 4 is 0 Å². The summed E-state index contributed by atoms with van der Waals surface area (Å²) in [6.45, 7) is 5.37. The van der Waals surface area contributed by atoms with E-state index in [1.165, 1.54) is 12.8 Å². The lowest BCUT2D eigenvalue weighted by molar-refractivity contribution is -0.0150. The van der Waals surface area contributed by atoms with Crippen LogP contribution in [0.2, 0.25) is 0 Å². The zero-order valence-corrected chi connectivity index (χ0v) is 18.0. The molecular weight excluding hydrogens is 370 g/mol. The normalized spacial score (nSPS) is 28.0. The van der Waals surface area contributed by atoms with Gasteiger partial charge >= 0.3 is 0 Å². The first-order valence-electron chi connectivity index (χ1n) is 11.5. The maximum absolute atomic E-state index is 14.6. The number of rotatable bonds is 8. The van der Waals surface area contributed by atoms with Gasteiger partial charge in [0.15, 0.2) is 11.6 Å². The lowest BCUT2D eigenvalue weighted by Crippen LogP contribution is -2.31. The molecule has 0 amide bonds. The lowest BCUT2D eigenvalue weighted by atomic mass is 9.72. The molecule has 1 aliphatic heterocycles. The Hall–Kier alpha value is -1.42. The number of hydrogen-bond donors (Lipinski definition) is 0. The first-order chi connectivity index (χ1) is 14.1. The van der Waals surface area contributed by atoms with Gasteiger partial charge < -0.3 is 9.47 Å². The fraction of sp³-hybridized carbons (Fsp3) is 0.680. The van der Waals surface area contributed by atoms with Gasteiger partial charge in [-0.1, -0.05) is 38.5 Å². The van der Waals surface area contributed by atoms with E-state index in [0.29, 0.717) is 24.0 Å². The number of benzene rings is 1. The van der Waals surface area contributed by atoms with Crippen LogP contribution in [0.4, 0.5) is 8.78 Å². The predicted octanol–water partition coefficient (Wildman–Crippen LogP) is 7.18. The van der Waals surface area contributed by atoms with Gasteiger partial charge in [0.05, 0.1) is 19.3 Å². The molecule has 2 unspecified atom stereocenters. The van der Waals surface area contributed by atoms with E-state index in [4.69, 9.17) is 9.47 Å². The summed E-state index contributed by atoms with van der Waals surface area (Å²) in [6, 6.07) is 3.32. The SMILES string of the molecule is CCCC=CC1CCC(C2CCC(c3ccc(OCCC)c(F)c3F)CC2)CO1. The molecule has 0 N–H and O–H groups in total. The van der Waals surface area contributed by atoms with Crippen LogP contribution < -0.4 is 4.74 Å². The van der Waals surface area contributed by atoms with Gasteiger partial charge in [0.25, 0.3) is 0 Å². The largest absolute Gasteiger partial charge is 0.490 e. The van der Waals surface area contributed by atoms with E-state index >= 15 is 0 Å². The molecule has 1 aromatic rings. The predicted molar refractivity (Wildman–Crippen MR) is 113 cm³/mol. The molecule has 0 bridgehead atoms. The molecule has 29 heavy (non-hydrogen) atoms. The second-order valence-electron chi connectivity index (χ2n) is 8.67. The highest BCUT2D eigenvalue weighted by Gasteiger charge is 2.32. The van der Waals surface area contributed by atoms with Gasteiger partial charge in [-0.25, -0.2) is 4.39 Å². The first-order valence-corrected chi connectivity index (χ1v) is 11.5. The number of unbranched alkanes of at least 4 members (excludes halogenated alkanes) is 1. The Morgan fingerprint density at radius 3 is 2.38 bits per heavy atom. The van der Waals surface area contributed by atoms with Crippen LogP contribution in [-0.2, 0) is 4.74 Å². The van der Waals surface area contributed by atoms with E-state index in [-0.39, 0.29) is 17.8 Å². The number of halogens is 2. The van der Waals surface area contributed by atoms with Gasteiger partial charge in [0, 0.05) is 0 Å². The lowest BCUT2D eigenvalue weighted by Gasteiger charge is -2.37. The third-order valence-corrected chi connectivity index (χ3v) is 6.57. The third-order valence-electron chi connectivity index (χ3n) is 6.57. The van der Waals surface area contributed by atoms with Crippen molar-refractivity contribution in [2.75, 3.05) is 13.2 Å². The minimum Gasteiger partial charge on any atom is -0.490 e. The van der Waals surface area contributed by atoms with Crippen molar-refractivity contribution in [3.63, 3.8) is 0 Å². The van der Waals surface area contributed by atoms with Crippen molar-refractivity contribution in [1.82, 2.24) is 0 Å². The summed E-state index contributed by atoms with van der Waals surface area (Å²) in [5.41, 5.74) is 0.519. The van der Waals surface area contributed by atoms with Crippen LogP contribution in [0.15, 0.2) is 24.3 Å². The van der Waals surface area contributed by atoms with Crippen molar-refractivity contribution < 1.29 is 18.3 Å². The Morgan fingerprint density at radius 1 is 0.966 bits per heavy atom. The van der Waals surface area contributed by atoms with Crippen molar-refractivity contribution in [2.24, 2.45) is 11.8 Å². The van der Waals surface area contributed by atoms with Crippen LogP contribution >= 0.6 is 0 Å². The number of allylic oxidation sites excluding steroid dienone is 1. The first kappa shape index (κ1) is 22.3. The smallest absolute Gasteiger partial charge is 0.200 e. The molecule has 2 aliphatic rings. The second-order valence-corrected chi connectivity index (χ2v) is 8.67. The zero-order chi connectivity index (χ0) is 20.6. The molecule has 3 rings (SSSR count). The van der Waals surface area contributed by atoms with E-state index in [9.17, 15) is 8.78 Å². The number of hydrogen-bond acceptors (Lipinski definition) is 2. The quantitative estimate of drug-likeness (QED) is 0.426. The highest BCUT2D eigenvalue weighted by Crippen LogP contribution is 2.42. The summed E-state index contributed by atoms with van der Waals surface area (Å²) < 4.78 is 40.3. The molecule has 2 fully saturated rings. The molecule has 4 heteroatoms. The van der Waals surface area contributed by atoms with Crippen LogP contribution in [0, 0.1) is 23.5 Å². The highest BCUT2D eigenvalue weighted by atomic mass is 19.2. The standard InChI is InChI=1S/C25H36F2O2/c1-3-5-6-7-21-13-12-20(17-29-21)18-8-10-19(11-9-18)22-14-15-23(28-16-4-2)25(27)24(22)26/h6-7,14-15,18-21H,3-5,8-13,16-17H2,1-2H3. The molecule has 1 aliphatic carbocycles. The van der Waals surface area contributed by atoms with Crippen LogP contribution in [0.3, 0.4) is 0 Å². The molecule has 2 nitrogen and oxygen atoms in total. The molecule has 1 aromatic carbocycles. The van der Waals surface area contributed by atoms with Gasteiger partial charge in [-0.3, -0.25) is 0 Å². The van der Waals surface area contributed by atoms with Gasteiger partial charge in [0.2, 0.25) is 5.82 Å². The highest BCUT2D eigenvalue weighted by molar-refractivity contribution is 5.33. The molecule has 1 saturated heterocycles. The van der Waals surface area contributed by atoms with E-state index < -0.39 is 11.6 Å². The second kappa shape index (κ2) is 11.1. The summed E-state index contributed by atoms with van der Waals surface area (Å²) in [5.74, 6) is -0.158. The fourth-order valence-electron chi connectivity index (χ4n) is 4.82. The van der Waals surface area contributed by atoms with Crippen LogP contribution in [0.25, 0.3) is 0 Å². The summed E-state index contributed by atoms with van der Waals surface area (Å²) in [5, 5.41) is 0. The minimum atomic E-state index is -0.832. The molecule has 2 atom stereocenters. The van der Waals surface area contributed by atoms with Crippen molar-refractivity contribution in [1.29, 1.82) is 0 Å². The Kier molecular flexibility index (Phi) is 8.53. The Balaban J connectivity index is 1.50. The fourth-order valence-corrected chi connectivity index (χ4v) is 4.82. The van der Waals surface area contributed by atoms with Crippen LogP contribution in [-0.4, -0.2) is 19.3 Å². The van der Waals surface area contributed by atoms with E-state index in [1.54, 1.807) is 12.1 Å². The van der Waals surface area contributed by atoms with Crippen LogP contribution in [0.5, 0.6) is 5.75 Å². The maximum Gasteiger partial charge on any atom is 0.200 e. The van der Waals surface area contributed by atoms with E-state index in [2.05, 4.69) is 19.1 Å². The molecule has 1 saturated carbocycles. The van der Waals surface area contributed by atoms with E-state index in [0.717, 1.165) is 51.6 Å². The van der Waals surface area contributed by atoms with E-state index in [1.807, 2.05) is 6.92 Å². The summed E-state index contributed by atoms with van der Waals surface area (Å²) >= 11 is 0. The van der Waals surface area contributed by atoms with Gasteiger partial charge in [-0.2, -0.15) is 4.39 Å². The number of ether oxygens (including phenoxy) is 2. The van der Waals surface area contributed by atoms with Gasteiger partial charge in [-0.15, -0.1) is 0 Å². The molecule has 0 spiro atoms. The van der Waals surface area contributed by atoms with Gasteiger partial charge in [0.1, 0.15) is 0 Å². The minimum absolute atomic E-state index is 0.0312. The Morgan fingerprint density at radius 2 is 1.72 bits per heavy atom. The van der Waals surface area contributed by atoms with Gasteiger partial charge in [-0.05, 0) is 80.8 Å². The summed E-state index contributed by atoms with van der Waals surface area (Å²) in [6.07, 6.45) is 14.1.